The first-order valence-corrected chi connectivity index (χ1v) is 9.02. The molecule has 2 aliphatic rings. The predicted octanol–water partition coefficient (Wildman–Crippen LogP) is 2.68. The van der Waals surface area contributed by atoms with E-state index in [1.165, 1.54) is 12.8 Å². The lowest BCUT2D eigenvalue weighted by atomic mass is 9.93. The lowest BCUT2D eigenvalue weighted by Crippen LogP contribution is -2.31. The molecular formula is C19H25N3O3. The molecular weight excluding hydrogens is 318 g/mol. The highest BCUT2D eigenvalue weighted by molar-refractivity contribution is 5.42. The molecule has 0 amide bonds. The molecule has 0 radical (unpaired) electrons. The minimum Gasteiger partial charge on any atom is -0.497 e. The second-order valence-electron chi connectivity index (χ2n) is 7.19. The average molecular weight is 343 g/mol. The molecule has 134 valence electrons. The van der Waals surface area contributed by atoms with Crippen molar-refractivity contribution in [2.45, 2.75) is 31.6 Å². The molecule has 6 heteroatoms. The van der Waals surface area contributed by atoms with Crippen LogP contribution in [0, 0.1) is 5.92 Å². The summed E-state index contributed by atoms with van der Waals surface area (Å²) in [5.41, 5.74) is 1.13. The Labute approximate surface area is 148 Å². The van der Waals surface area contributed by atoms with Gasteiger partial charge in [0.05, 0.1) is 13.0 Å². The van der Waals surface area contributed by atoms with Gasteiger partial charge in [-0.3, -0.25) is 0 Å². The van der Waals surface area contributed by atoms with Crippen LogP contribution in [-0.2, 0) is 12.8 Å². The summed E-state index contributed by atoms with van der Waals surface area (Å²) in [6.45, 7) is 2.89. The molecule has 1 aromatic carbocycles. The third-order valence-corrected chi connectivity index (χ3v) is 5.32. The fourth-order valence-electron chi connectivity index (χ4n) is 3.70. The van der Waals surface area contributed by atoms with E-state index in [2.05, 4.69) is 22.1 Å². The van der Waals surface area contributed by atoms with Crippen LogP contribution in [0.2, 0.25) is 0 Å². The molecule has 0 spiro atoms. The van der Waals surface area contributed by atoms with E-state index in [1.54, 1.807) is 7.11 Å². The van der Waals surface area contributed by atoms with Crippen LogP contribution in [0.4, 0.5) is 0 Å². The number of aromatic nitrogens is 2. The van der Waals surface area contributed by atoms with Crippen molar-refractivity contribution in [1.82, 2.24) is 15.0 Å². The zero-order chi connectivity index (χ0) is 17.2. The standard InChI is InChI=1S/C19H25N3O3/c1-22-7-5-13(6-8-22)9-18-20-19(25-21-18)15-10-14-11-16(23-2)3-4-17(14)24-12-15/h3-4,11,13,15H,5-10,12H2,1-2H3/t15-/m1/s1. The van der Waals surface area contributed by atoms with E-state index < -0.39 is 0 Å². The molecule has 1 saturated heterocycles. The maximum Gasteiger partial charge on any atom is 0.233 e. The van der Waals surface area contributed by atoms with Crippen LogP contribution < -0.4 is 9.47 Å². The van der Waals surface area contributed by atoms with Gasteiger partial charge in [0.15, 0.2) is 5.82 Å². The lowest BCUT2D eigenvalue weighted by Gasteiger charge is -2.28. The Bertz CT molecular complexity index is 722. The fraction of sp³-hybridized carbons (Fsp3) is 0.579. The summed E-state index contributed by atoms with van der Waals surface area (Å²) in [6.07, 6.45) is 4.16. The number of nitrogens with zero attached hydrogens (tertiary/aromatic N) is 3. The molecule has 4 rings (SSSR count). The molecule has 25 heavy (non-hydrogen) atoms. The van der Waals surface area contributed by atoms with Crippen molar-refractivity contribution in [3.63, 3.8) is 0 Å². The monoisotopic (exact) mass is 343 g/mol. The molecule has 0 saturated carbocycles. The maximum absolute atomic E-state index is 5.87. The summed E-state index contributed by atoms with van der Waals surface area (Å²) in [4.78, 5) is 7.04. The number of hydrogen-bond donors (Lipinski definition) is 0. The van der Waals surface area contributed by atoms with E-state index in [0.717, 1.165) is 48.8 Å². The summed E-state index contributed by atoms with van der Waals surface area (Å²) in [5.74, 6) is 4.06. The van der Waals surface area contributed by atoms with Gasteiger partial charge in [0.25, 0.3) is 0 Å². The van der Waals surface area contributed by atoms with E-state index >= 15 is 0 Å². The number of benzene rings is 1. The Morgan fingerprint density at radius 1 is 1.28 bits per heavy atom. The number of piperidine rings is 1. The van der Waals surface area contributed by atoms with Gasteiger partial charge in [-0.25, -0.2) is 0 Å². The minimum absolute atomic E-state index is 0.110. The number of methoxy groups -OCH3 is 1. The van der Waals surface area contributed by atoms with Gasteiger partial charge >= 0.3 is 0 Å². The third-order valence-electron chi connectivity index (χ3n) is 5.32. The van der Waals surface area contributed by atoms with Crippen LogP contribution in [0.25, 0.3) is 0 Å². The molecule has 0 unspecified atom stereocenters. The first kappa shape index (κ1) is 16.4. The lowest BCUT2D eigenvalue weighted by molar-refractivity contribution is 0.215. The van der Waals surface area contributed by atoms with Crippen LogP contribution in [-0.4, -0.2) is 48.9 Å². The van der Waals surface area contributed by atoms with Crippen molar-refractivity contribution in [3.05, 3.63) is 35.5 Å². The van der Waals surface area contributed by atoms with Crippen LogP contribution in [0.5, 0.6) is 11.5 Å². The average Bonchev–Trinajstić information content (AvgIpc) is 3.11. The van der Waals surface area contributed by atoms with Crippen LogP contribution in [0.1, 0.15) is 36.0 Å². The molecule has 2 aromatic rings. The highest BCUT2D eigenvalue weighted by Gasteiger charge is 2.27. The first-order valence-electron chi connectivity index (χ1n) is 9.02. The Morgan fingerprint density at radius 3 is 2.92 bits per heavy atom. The molecule has 0 bridgehead atoms. The number of ether oxygens (including phenoxy) is 2. The topological polar surface area (TPSA) is 60.6 Å². The van der Waals surface area contributed by atoms with Gasteiger partial charge in [-0.2, -0.15) is 4.98 Å². The summed E-state index contributed by atoms with van der Waals surface area (Å²) in [7, 11) is 3.86. The summed E-state index contributed by atoms with van der Waals surface area (Å²) < 4.78 is 16.7. The van der Waals surface area contributed by atoms with Crippen LogP contribution >= 0.6 is 0 Å². The Hall–Kier alpha value is -2.08. The zero-order valence-corrected chi connectivity index (χ0v) is 14.9. The highest BCUT2D eigenvalue weighted by atomic mass is 16.5. The van der Waals surface area contributed by atoms with Crippen molar-refractivity contribution >= 4 is 0 Å². The van der Waals surface area contributed by atoms with Crippen molar-refractivity contribution in [3.8, 4) is 11.5 Å². The number of fused-ring (bicyclic) bond motifs is 1. The SMILES string of the molecule is COc1ccc2c(c1)C[C@@H](c1nc(CC3CCN(C)CC3)no1)CO2. The third kappa shape index (κ3) is 3.63. The van der Waals surface area contributed by atoms with Gasteiger partial charge in [-0.1, -0.05) is 5.16 Å². The van der Waals surface area contributed by atoms with Gasteiger partial charge in [0, 0.05) is 6.42 Å². The van der Waals surface area contributed by atoms with Crippen LogP contribution in [0.3, 0.4) is 0 Å². The zero-order valence-electron chi connectivity index (χ0n) is 14.9. The number of likely N-dealkylation sites (tertiary alicyclic amines) is 1. The molecule has 1 fully saturated rings. The van der Waals surface area contributed by atoms with Crippen molar-refractivity contribution in [1.29, 1.82) is 0 Å². The number of hydrogen-bond acceptors (Lipinski definition) is 6. The molecule has 6 nitrogen and oxygen atoms in total. The summed E-state index contributed by atoms with van der Waals surface area (Å²) >= 11 is 0. The van der Waals surface area contributed by atoms with E-state index in [0.29, 0.717) is 18.4 Å². The number of rotatable bonds is 4. The smallest absolute Gasteiger partial charge is 0.233 e. The van der Waals surface area contributed by atoms with Gasteiger partial charge in [-0.15, -0.1) is 0 Å². The Kier molecular flexibility index (Phi) is 4.61. The summed E-state index contributed by atoms with van der Waals surface area (Å²) in [5, 5.41) is 4.21. The van der Waals surface area contributed by atoms with Gasteiger partial charge < -0.3 is 18.9 Å². The molecule has 0 N–H and O–H groups in total. The highest BCUT2D eigenvalue weighted by Crippen LogP contribution is 2.34. The molecule has 2 aliphatic heterocycles. The van der Waals surface area contributed by atoms with Gasteiger partial charge in [0.2, 0.25) is 5.89 Å². The Balaban J connectivity index is 1.42. The molecule has 1 aromatic heterocycles. The van der Waals surface area contributed by atoms with Crippen molar-refractivity contribution in [2.24, 2.45) is 5.92 Å². The van der Waals surface area contributed by atoms with Gasteiger partial charge in [0.1, 0.15) is 18.1 Å². The van der Waals surface area contributed by atoms with Gasteiger partial charge in [-0.05, 0) is 69.1 Å². The largest absolute Gasteiger partial charge is 0.497 e. The fourth-order valence-corrected chi connectivity index (χ4v) is 3.70. The predicted molar refractivity (Wildman–Crippen MR) is 93.2 cm³/mol. The first-order chi connectivity index (χ1) is 12.2. The maximum atomic E-state index is 5.87. The molecule has 1 atom stereocenters. The van der Waals surface area contributed by atoms with E-state index in [9.17, 15) is 0 Å². The van der Waals surface area contributed by atoms with E-state index in [-0.39, 0.29) is 5.92 Å². The second kappa shape index (κ2) is 7.04. The minimum atomic E-state index is 0.110. The Morgan fingerprint density at radius 2 is 2.12 bits per heavy atom. The van der Waals surface area contributed by atoms with Crippen molar-refractivity contribution < 1.29 is 14.0 Å². The normalized spacial score (nSPS) is 21.6. The molecule has 3 heterocycles. The quantitative estimate of drug-likeness (QED) is 0.851. The second-order valence-corrected chi connectivity index (χ2v) is 7.19. The van der Waals surface area contributed by atoms with Crippen molar-refractivity contribution in [2.75, 3.05) is 33.9 Å². The summed E-state index contributed by atoms with van der Waals surface area (Å²) in [6, 6.07) is 5.91. The van der Waals surface area contributed by atoms with E-state index in [1.807, 2.05) is 18.2 Å². The van der Waals surface area contributed by atoms with E-state index in [4.69, 9.17) is 14.0 Å². The molecule has 0 aliphatic carbocycles. The van der Waals surface area contributed by atoms with Crippen LogP contribution in [0.15, 0.2) is 22.7 Å².